The second-order valence-corrected chi connectivity index (χ2v) is 5.78. The van der Waals surface area contributed by atoms with Crippen LogP contribution in [0.15, 0.2) is 59.1 Å². The minimum absolute atomic E-state index is 0.705. The highest BCUT2D eigenvalue weighted by atomic mass is 35.5. The average molecular weight is 330 g/mol. The van der Waals surface area contributed by atoms with Gasteiger partial charge in [-0.25, -0.2) is 4.90 Å². The first-order valence-corrected chi connectivity index (χ1v) is 7.59. The fraction of sp³-hybridized carbons (Fsp3) is 0.167. The molecule has 5 heteroatoms. The van der Waals surface area contributed by atoms with Gasteiger partial charge in [-0.1, -0.05) is 11.6 Å². The van der Waals surface area contributed by atoms with Crippen LogP contribution < -0.4 is 14.2 Å². The van der Waals surface area contributed by atoms with E-state index in [4.69, 9.17) is 20.8 Å². The maximum Gasteiger partial charge on any atom is 0.461 e. The number of benzene rings is 2. The Bertz CT molecular complexity index is 793. The molecule has 4 nitrogen and oxygen atoms in total. The summed E-state index contributed by atoms with van der Waals surface area (Å²) in [7, 11) is 5.55. The number of nitrogens with zero attached hydrogens (tertiary/aromatic N) is 2. The highest BCUT2D eigenvalue weighted by Crippen LogP contribution is 2.25. The molecular formula is C18H18ClN2O2+. The first-order chi connectivity index (χ1) is 11.1. The van der Waals surface area contributed by atoms with Crippen LogP contribution in [0.2, 0.25) is 5.02 Å². The minimum Gasteiger partial charge on any atom is -0.497 e. The molecule has 0 spiro atoms. The smallest absolute Gasteiger partial charge is 0.461 e. The van der Waals surface area contributed by atoms with E-state index in [2.05, 4.69) is 0 Å². The zero-order chi connectivity index (χ0) is 16.4. The molecule has 0 radical (unpaired) electrons. The van der Waals surface area contributed by atoms with Gasteiger partial charge in [0, 0.05) is 10.6 Å². The molecule has 0 amide bonds. The van der Waals surface area contributed by atoms with Crippen LogP contribution in [0, 0.1) is 0 Å². The molecule has 0 unspecified atom stereocenters. The second kappa shape index (κ2) is 6.34. The lowest BCUT2D eigenvalue weighted by Crippen LogP contribution is -2.34. The topological polar surface area (TPSA) is 29.5 Å². The molecule has 0 aliphatic heterocycles. The summed E-state index contributed by atoms with van der Waals surface area (Å²) in [4.78, 5) is 1.93. The number of methoxy groups -OCH3 is 1. The molecule has 23 heavy (non-hydrogen) atoms. The third-order valence-corrected chi connectivity index (χ3v) is 3.77. The van der Waals surface area contributed by atoms with E-state index in [1.54, 1.807) is 7.11 Å². The highest BCUT2D eigenvalue weighted by molar-refractivity contribution is 6.30. The van der Waals surface area contributed by atoms with Gasteiger partial charge >= 0.3 is 6.01 Å². The van der Waals surface area contributed by atoms with E-state index in [9.17, 15) is 0 Å². The number of hydrogen-bond donors (Lipinski definition) is 0. The van der Waals surface area contributed by atoms with Gasteiger partial charge in [-0.3, -0.25) is 0 Å². The molecule has 0 atom stereocenters. The molecule has 0 N–H and O–H groups in total. The average Bonchev–Trinajstić information content (AvgIpc) is 3.01. The van der Waals surface area contributed by atoms with E-state index < -0.39 is 0 Å². The largest absolute Gasteiger partial charge is 0.497 e. The predicted octanol–water partition coefficient (Wildman–Crippen LogP) is 3.95. The number of ether oxygens (including phenoxy) is 1. The molecule has 0 saturated carbocycles. The van der Waals surface area contributed by atoms with Crippen LogP contribution in [0.25, 0.3) is 17.0 Å². The molecule has 1 aromatic heterocycles. The fourth-order valence-electron chi connectivity index (χ4n) is 2.33. The van der Waals surface area contributed by atoms with Crippen LogP contribution >= 0.6 is 11.6 Å². The summed E-state index contributed by atoms with van der Waals surface area (Å²) in [6.45, 7) is 0. The summed E-state index contributed by atoms with van der Waals surface area (Å²) >= 11 is 5.95. The lowest BCUT2D eigenvalue weighted by atomic mass is 10.2. The molecule has 118 valence electrons. The third kappa shape index (κ3) is 3.17. The number of rotatable bonds is 4. The monoisotopic (exact) mass is 329 g/mol. The Balaban J connectivity index is 2.06. The van der Waals surface area contributed by atoms with Crippen molar-refractivity contribution in [3.63, 3.8) is 0 Å². The predicted molar refractivity (Wildman–Crippen MR) is 91.6 cm³/mol. The van der Waals surface area contributed by atoms with E-state index in [0.717, 1.165) is 28.8 Å². The van der Waals surface area contributed by atoms with Crippen molar-refractivity contribution in [2.45, 2.75) is 0 Å². The maximum atomic E-state index is 6.03. The van der Waals surface area contributed by atoms with Crippen molar-refractivity contribution in [2.24, 2.45) is 0 Å². The number of oxazole rings is 1. The van der Waals surface area contributed by atoms with Gasteiger partial charge in [-0.15, -0.1) is 0 Å². The first kappa shape index (κ1) is 15.4. The number of halogens is 1. The Labute approximate surface area is 140 Å². The molecule has 3 rings (SSSR count). The Hall–Kier alpha value is -2.46. The normalized spacial score (nSPS) is 10.6. The van der Waals surface area contributed by atoms with Crippen molar-refractivity contribution >= 4 is 17.6 Å². The van der Waals surface area contributed by atoms with Crippen molar-refractivity contribution in [3.8, 4) is 22.8 Å². The molecule has 2 aromatic carbocycles. The third-order valence-electron chi connectivity index (χ3n) is 3.52. The molecule has 0 aliphatic carbocycles. The van der Waals surface area contributed by atoms with E-state index >= 15 is 0 Å². The van der Waals surface area contributed by atoms with Gasteiger partial charge in [0.1, 0.15) is 17.6 Å². The van der Waals surface area contributed by atoms with Gasteiger partial charge in [-0.2, -0.15) is 4.57 Å². The molecule has 0 bridgehead atoms. The number of aromatic nitrogens is 1. The molecule has 3 aromatic rings. The SMILES string of the molecule is COc1ccc(-[n+]2cc(-c3ccc(Cl)cc3)oc2N(C)C)cc1. The van der Waals surface area contributed by atoms with E-state index in [1.165, 1.54) is 0 Å². The van der Waals surface area contributed by atoms with Crippen LogP contribution in [-0.2, 0) is 0 Å². The van der Waals surface area contributed by atoms with Crippen molar-refractivity contribution in [2.75, 3.05) is 26.1 Å². The lowest BCUT2D eigenvalue weighted by Gasteiger charge is -2.04. The lowest BCUT2D eigenvalue weighted by molar-refractivity contribution is -0.584. The van der Waals surface area contributed by atoms with Crippen LogP contribution in [-0.4, -0.2) is 21.2 Å². The number of anilines is 1. The van der Waals surface area contributed by atoms with Gasteiger partial charge in [0.05, 0.1) is 21.2 Å². The van der Waals surface area contributed by atoms with Crippen molar-refractivity contribution < 1.29 is 13.7 Å². The standard InChI is InChI=1S/C18H18ClN2O2/c1-20(2)18-21(15-8-10-16(22-3)11-9-15)12-17(23-18)13-4-6-14(19)7-5-13/h4-12H,1-3H3/q+1. The van der Waals surface area contributed by atoms with E-state index in [1.807, 2.05) is 78.3 Å². The highest BCUT2D eigenvalue weighted by Gasteiger charge is 2.22. The Morgan fingerprint density at radius 3 is 2.22 bits per heavy atom. The molecule has 0 fully saturated rings. The summed E-state index contributed by atoms with van der Waals surface area (Å²) in [5.74, 6) is 1.60. The quantitative estimate of drug-likeness (QED) is 0.679. The van der Waals surface area contributed by atoms with Gasteiger partial charge in [0.25, 0.3) is 0 Å². The Morgan fingerprint density at radius 1 is 1.00 bits per heavy atom. The zero-order valence-electron chi connectivity index (χ0n) is 13.3. The van der Waals surface area contributed by atoms with Crippen LogP contribution in [0.1, 0.15) is 0 Å². The van der Waals surface area contributed by atoms with Gasteiger partial charge in [0.2, 0.25) is 0 Å². The molecule has 1 heterocycles. The molecule has 0 saturated heterocycles. The summed E-state index contributed by atoms with van der Waals surface area (Å²) < 4.78 is 13.2. The van der Waals surface area contributed by atoms with Gasteiger partial charge in [0.15, 0.2) is 5.76 Å². The zero-order valence-corrected chi connectivity index (χ0v) is 14.0. The second-order valence-electron chi connectivity index (χ2n) is 5.35. The van der Waals surface area contributed by atoms with Crippen molar-refractivity contribution in [1.82, 2.24) is 0 Å². The van der Waals surface area contributed by atoms with E-state index in [-0.39, 0.29) is 0 Å². The Morgan fingerprint density at radius 2 is 1.65 bits per heavy atom. The van der Waals surface area contributed by atoms with Crippen molar-refractivity contribution in [3.05, 3.63) is 59.8 Å². The minimum atomic E-state index is 0.705. The molecule has 0 aliphatic rings. The maximum absolute atomic E-state index is 6.03. The van der Waals surface area contributed by atoms with E-state index in [0.29, 0.717) is 5.02 Å². The Kier molecular flexibility index (Phi) is 4.26. The van der Waals surface area contributed by atoms with Crippen molar-refractivity contribution in [1.29, 1.82) is 0 Å². The van der Waals surface area contributed by atoms with Gasteiger partial charge < -0.3 is 9.15 Å². The van der Waals surface area contributed by atoms with Gasteiger partial charge in [-0.05, 0) is 48.5 Å². The summed E-state index contributed by atoms with van der Waals surface area (Å²) in [5, 5.41) is 0.705. The van der Waals surface area contributed by atoms with Crippen LogP contribution in [0.4, 0.5) is 6.01 Å². The van der Waals surface area contributed by atoms with Crippen LogP contribution in [0.3, 0.4) is 0 Å². The summed E-state index contributed by atoms with van der Waals surface area (Å²) in [6.07, 6.45) is 1.97. The number of hydrogen-bond acceptors (Lipinski definition) is 3. The first-order valence-electron chi connectivity index (χ1n) is 7.21. The summed E-state index contributed by atoms with van der Waals surface area (Å²) in [5.41, 5.74) is 1.98. The fourth-order valence-corrected chi connectivity index (χ4v) is 2.45. The summed E-state index contributed by atoms with van der Waals surface area (Å²) in [6, 6.07) is 16.2. The molecular weight excluding hydrogens is 312 g/mol. The van der Waals surface area contributed by atoms with Crippen LogP contribution in [0.5, 0.6) is 5.75 Å².